The molecule has 4 nitrogen and oxygen atoms in total. The van der Waals surface area contributed by atoms with Gasteiger partial charge in [-0.1, -0.05) is 5.16 Å². The van der Waals surface area contributed by atoms with Gasteiger partial charge in [0.2, 0.25) is 0 Å². The largest absolute Gasteiger partial charge is 0.392 e. The Hall–Kier alpha value is -1.11. The molecule has 0 N–H and O–H groups in total. The van der Waals surface area contributed by atoms with Crippen molar-refractivity contribution >= 4 is 33.9 Å². The first-order valence-corrected chi connectivity index (χ1v) is 6.17. The third-order valence-corrected chi connectivity index (χ3v) is 3.42. The molecule has 1 aliphatic heterocycles. The molecule has 16 heavy (non-hydrogen) atoms. The second-order valence-corrected chi connectivity index (χ2v) is 4.99. The van der Waals surface area contributed by atoms with Crippen LogP contribution in [0.4, 0.5) is 0 Å². The van der Waals surface area contributed by atoms with Crippen LogP contribution in [0.15, 0.2) is 29.7 Å². The third kappa shape index (κ3) is 1.59. The molecule has 0 radical (unpaired) electrons. The summed E-state index contributed by atoms with van der Waals surface area (Å²) in [7, 11) is 0. The van der Waals surface area contributed by atoms with E-state index in [-0.39, 0.29) is 6.10 Å². The van der Waals surface area contributed by atoms with Gasteiger partial charge in [-0.3, -0.25) is 4.40 Å². The molecule has 3 rings (SSSR count). The van der Waals surface area contributed by atoms with Gasteiger partial charge in [0.25, 0.3) is 0 Å². The van der Waals surface area contributed by atoms with Crippen LogP contribution in [-0.4, -0.2) is 21.2 Å². The van der Waals surface area contributed by atoms with Crippen LogP contribution in [-0.2, 0) is 4.84 Å². The smallest absolute Gasteiger partial charge is 0.138 e. The molecular weight excluding hydrogens is 317 g/mol. The van der Waals surface area contributed by atoms with Crippen molar-refractivity contribution in [3.63, 3.8) is 0 Å². The highest BCUT2D eigenvalue weighted by Gasteiger charge is 2.18. The van der Waals surface area contributed by atoms with E-state index in [0.29, 0.717) is 0 Å². The van der Waals surface area contributed by atoms with Gasteiger partial charge in [0.1, 0.15) is 15.5 Å². The van der Waals surface area contributed by atoms with Gasteiger partial charge in [-0.15, -0.1) is 0 Å². The Bertz CT molecular complexity index is 576. The van der Waals surface area contributed by atoms with Gasteiger partial charge < -0.3 is 4.84 Å². The van der Waals surface area contributed by atoms with Crippen molar-refractivity contribution in [1.82, 2.24) is 9.38 Å². The number of pyridine rings is 1. The van der Waals surface area contributed by atoms with E-state index in [1.165, 1.54) is 0 Å². The lowest BCUT2D eigenvalue weighted by Crippen LogP contribution is -2.03. The van der Waals surface area contributed by atoms with E-state index in [0.717, 1.165) is 27.0 Å². The molecule has 1 aliphatic rings. The highest BCUT2D eigenvalue weighted by atomic mass is 127. The van der Waals surface area contributed by atoms with Gasteiger partial charge in [-0.2, -0.15) is 0 Å². The predicted octanol–water partition coefficient (Wildman–Crippen LogP) is 2.45. The maximum absolute atomic E-state index is 5.20. The van der Waals surface area contributed by atoms with Gasteiger partial charge in [-0.05, 0) is 41.6 Å². The van der Waals surface area contributed by atoms with Gasteiger partial charge in [-0.25, -0.2) is 4.98 Å². The van der Waals surface area contributed by atoms with Crippen LogP contribution in [0.2, 0.25) is 0 Å². The summed E-state index contributed by atoms with van der Waals surface area (Å²) in [4.78, 5) is 9.53. The van der Waals surface area contributed by atoms with Crippen LogP contribution in [0.3, 0.4) is 0 Å². The van der Waals surface area contributed by atoms with Crippen molar-refractivity contribution < 1.29 is 4.84 Å². The number of aromatic nitrogens is 2. The fraction of sp³-hybridized carbons (Fsp3) is 0.273. The molecule has 2 aromatic rings. The Balaban J connectivity index is 2.06. The van der Waals surface area contributed by atoms with Gasteiger partial charge in [0.05, 0.1) is 11.9 Å². The summed E-state index contributed by atoms with van der Waals surface area (Å²) < 4.78 is 3.15. The fourth-order valence-corrected chi connectivity index (χ4v) is 2.35. The summed E-state index contributed by atoms with van der Waals surface area (Å²) in [5, 5.41) is 4.08. The Labute approximate surface area is 106 Å². The number of rotatable bonds is 1. The number of hydrogen-bond donors (Lipinski definition) is 0. The zero-order valence-corrected chi connectivity index (χ0v) is 10.9. The van der Waals surface area contributed by atoms with Crippen molar-refractivity contribution in [3.8, 4) is 0 Å². The third-order valence-electron chi connectivity index (χ3n) is 2.62. The predicted molar refractivity (Wildman–Crippen MR) is 69.6 cm³/mol. The zero-order chi connectivity index (χ0) is 11.1. The highest BCUT2D eigenvalue weighted by Crippen LogP contribution is 2.18. The number of hydrogen-bond acceptors (Lipinski definition) is 3. The molecule has 0 spiro atoms. The molecule has 1 unspecified atom stereocenters. The number of oxime groups is 1. The lowest BCUT2D eigenvalue weighted by Gasteiger charge is -2.00. The number of fused-ring (bicyclic) bond motifs is 1. The number of halogens is 1. The van der Waals surface area contributed by atoms with Crippen LogP contribution in [0.1, 0.15) is 18.9 Å². The molecule has 0 saturated heterocycles. The lowest BCUT2D eigenvalue weighted by atomic mass is 10.1. The van der Waals surface area contributed by atoms with Crippen molar-refractivity contribution in [2.45, 2.75) is 19.4 Å². The molecule has 0 fully saturated rings. The molecule has 2 aromatic heterocycles. The van der Waals surface area contributed by atoms with Gasteiger partial charge in [0.15, 0.2) is 0 Å². The number of imidazole rings is 1. The molecule has 82 valence electrons. The fourth-order valence-electron chi connectivity index (χ4n) is 1.80. The van der Waals surface area contributed by atoms with Gasteiger partial charge >= 0.3 is 0 Å². The number of nitrogens with zero attached hydrogens (tertiary/aromatic N) is 3. The first kappa shape index (κ1) is 10.1. The second-order valence-electron chi connectivity index (χ2n) is 3.88. The molecule has 3 heterocycles. The highest BCUT2D eigenvalue weighted by molar-refractivity contribution is 14.1. The van der Waals surface area contributed by atoms with Gasteiger partial charge in [0, 0.05) is 18.2 Å². The zero-order valence-electron chi connectivity index (χ0n) is 8.72. The van der Waals surface area contributed by atoms with Crippen molar-refractivity contribution in [2.24, 2.45) is 5.16 Å². The standard InChI is InChI=1S/C11H10IN3O/c1-7-4-9(14-16-7)8-2-3-15-10(12)6-13-11(15)5-8/h2-3,5-7H,4H2,1H3. The molecular formula is C11H10IN3O. The first-order valence-electron chi connectivity index (χ1n) is 5.10. The lowest BCUT2D eigenvalue weighted by molar-refractivity contribution is 0.0995. The average Bonchev–Trinajstić information content (AvgIpc) is 2.86. The summed E-state index contributed by atoms with van der Waals surface area (Å²) in [6.07, 6.45) is 4.93. The topological polar surface area (TPSA) is 38.9 Å². The van der Waals surface area contributed by atoms with Crippen molar-refractivity contribution in [1.29, 1.82) is 0 Å². The maximum atomic E-state index is 5.20. The summed E-state index contributed by atoms with van der Waals surface area (Å²) in [6.45, 7) is 2.02. The Morgan fingerprint density at radius 1 is 1.56 bits per heavy atom. The molecule has 0 saturated carbocycles. The SMILES string of the molecule is CC1CC(c2ccn3c(I)cnc3c2)=NO1. The molecule has 0 aliphatic carbocycles. The van der Waals surface area contributed by atoms with Crippen molar-refractivity contribution in [2.75, 3.05) is 0 Å². The van der Waals surface area contributed by atoms with Crippen LogP contribution in [0.25, 0.3) is 5.65 Å². The first-order chi connectivity index (χ1) is 7.74. The van der Waals surface area contributed by atoms with E-state index in [4.69, 9.17) is 4.84 Å². The average molecular weight is 327 g/mol. The van der Waals surface area contributed by atoms with E-state index >= 15 is 0 Å². The summed E-state index contributed by atoms with van der Waals surface area (Å²) >= 11 is 2.26. The second kappa shape index (κ2) is 3.73. The Morgan fingerprint density at radius 2 is 2.44 bits per heavy atom. The quantitative estimate of drug-likeness (QED) is 0.755. The van der Waals surface area contributed by atoms with Crippen LogP contribution < -0.4 is 0 Å². The molecule has 0 aromatic carbocycles. The Kier molecular flexibility index (Phi) is 2.34. The van der Waals surface area contributed by atoms with Crippen molar-refractivity contribution in [3.05, 3.63) is 33.8 Å². The minimum Gasteiger partial charge on any atom is -0.392 e. The Morgan fingerprint density at radius 3 is 3.19 bits per heavy atom. The van der Waals surface area contributed by atoms with E-state index < -0.39 is 0 Å². The monoisotopic (exact) mass is 327 g/mol. The van der Waals surface area contributed by atoms with Crippen LogP contribution in [0, 0.1) is 3.70 Å². The minimum atomic E-state index is 0.186. The van der Waals surface area contributed by atoms with Crippen LogP contribution >= 0.6 is 22.6 Å². The normalized spacial score (nSPS) is 19.9. The summed E-state index contributed by atoms with van der Waals surface area (Å²) in [6, 6.07) is 4.10. The van der Waals surface area contributed by atoms with E-state index in [9.17, 15) is 0 Å². The van der Waals surface area contributed by atoms with Crippen LogP contribution in [0.5, 0.6) is 0 Å². The molecule has 1 atom stereocenters. The summed E-state index contributed by atoms with van der Waals surface area (Å²) in [5.74, 6) is 0. The summed E-state index contributed by atoms with van der Waals surface area (Å²) in [5.41, 5.74) is 3.05. The minimum absolute atomic E-state index is 0.186. The van der Waals surface area contributed by atoms with E-state index in [2.05, 4.69) is 38.8 Å². The molecule has 0 bridgehead atoms. The molecule has 5 heteroatoms. The van der Waals surface area contributed by atoms with E-state index in [1.54, 1.807) is 0 Å². The van der Waals surface area contributed by atoms with E-state index in [1.807, 2.05) is 29.8 Å². The maximum Gasteiger partial charge on any atom is 0.138 e. The molecule has 0 amide bonds.